The molecular weight excluding hydrogens is 481 g/mol. The summed E-state index contributed by atoms with van der Waals surface area (Å²) in [6.07, 6.45) is -12.4. The SMILES string of the molecule is CC(C[C@H]1O[C@@H](c2cc3nc(F)c(C(F)(F)F)nc3[nH]c2=O)C(O)C1O)OP(=O)(O)C(C)O. The minimum Gasteiger partial charge on any atom is -0.388 e. The predicted octanol–water partition coefficient (Wildman–Crippen LogP) is 0.957. The van der Waals surface area contributed by atoms with Gasteiger partial charge in [-0.1, -0.05) is 0 Å². The van der Waals surface area contributed by atoms with E-state index in [9.17, 15) is 47.1 Å². The molecule has 2 aromatic heterocycles. The van der Waals surface area contributed by atoms with Crippen molar-refractivity contribution in [2.24, 2.45) is 0 Å². The molecule has 1 aliphatic rings. The summed E-state index contributed by atoms with van der Waals surface area (Å²) in [5.41, 5.74) is -4.42. The number of nitrogens with zero attached hydrogens (tertiary/aromatic N) is 2. The maximum atomic E-state index is 13.8. The third-order valence-electron chi connectivity index (χ3n) is 4.97. The minimum absolute atomic E-state index is 0.235. The molecule has 16 heteroatoms. The summed E-state index contributed by atoms with van der Waals surface area (Å²) < 4.78 is 74.4. The molecule has 3 rings (SSSR count). The summed E-state index contributed by atoms with van der Waals surface area (Å²) in [6, 6.07) is 0.878. The number of aromatic nitrogens is 3. The van der Waals surface area contributed by atoms with E-state index in [2.05, 4.69) is 9.97 Å². The lowest BCUT2D eigenvalue weighted by atomic mass is 10.0. The quantitative estimate of drug-likeness (QED) is 0.283. The van der Waals surface area contributed by atoms with Crippen LogP contribution in [-0.4, -0.2) is 65.4 Å². The van der Waals surface area contributed by atoms with E-state index in [1.54, 1.807) is 0 Å². The Kier molecular flexibility index (Phi) is 6.97. The molecule has 5 unspecified atom stereocenters. The number of fused-ring (bicyclic) bond motifs is 1. The summed E-state index contributed by atoms with van der Waals surface area (Å²) in [5, 5.41) is 29.9. The number of aromatic amines is 1. The van der Waals surface area contributed by atoms with Gasteiger partial charge in [-0.15, -0.1) is 0 Å². The standard InChI is InChI=1S/C17H20F4N3O8P/c1-5(32-33(29,30)6(2)25)3-9-10(26)11(27)12(31-9)7-4-8-15(24-16(7)28)23-13(14(18)22-8)17(19,20)21/h4-6,9-12,25-27H,3H2,1-2H3,(H,29,30)(H,23,24,28)/t5?,6?,9-,10?,11?,12+/m1/s1. The second-order valence-corrected chi connectivity index (χ2v) is 9.66. The summed E-state index contributed by atoms with van der Waals surface area (Å²) in [6.45, 7) is 2.39. The third kappa shape index (κ3) is 5.24. The first-order valence-corrected chi connectivity index (χ1v) is 11.1. The maximum absolute atomic E-state index is 13.8. The van der Waals surface area contributed by atoms with Crippen LogP contribution in [0.5, 0.6) is 0 Å². The van der Waals surface area contributed by atoms with Crippen molar-refractivity contribution in [1.82, 2.24) is 15.0 Å². The van der Waals surface area contributed by atoms with Gasteiger partial charge >= 0.3 is 13.8 Å². The van der Waals surface area contributed by atoms with Crippen LogP contribution >= 0.6 is 7.60 Å². The molecule has 1 saturated heterocycles. The highest BCUT2D eigenvalue weighted by Crippen LogP contribution is 2.48. The molecule has 0 aliphatic carbocycles. The molecule has 1 aliphatic heterocycles. The van der Waals surface area contributed by atoms with Gasteiger partial charge in [0.25, 0.3) is 5.56 Å². The van der Waals surface area contributed by atoms with Gasteiger partial charge in [0.2, 0.25) is 11.6 Å². The monoisotopic (exact) mass is 501 g/mol. The number of aliphatic hydroxyl groups excluding tert-OH is 3. The van der Waals surface area contributed by atoms with Crippen LogP contribution in [0.15, 0.2) is 10.9 Å². The van der Waals surface area contributed by atoms with Crippen LogP contribution in [0.3, 0.4) is 0 Å². The molecule has 11 nitrogen and oxygen atoms in total. The van der Waals surface area contributed by atoms with E-state index in [-0.39, 0.29) is 12.0 Å². The number of ether oxygens (including phenoxy) is 1. The second kappa shape index (κ2) is 8.98. The summed E-state index contributed by atoms with van der Waals surface area (Å²) in [5.74, 6) is -3.60. The summed E-state index contributed by atoms with van der Waals surface area (Å²) in [7, 11) is -4.37. The number of nitrogens with one attached hydrogen (secondary N) is 1. The molecule has 0 spiro atoms. The average Bonchev–Trinajstić information content (AvgIpc) is 2.94. The molecule has 2 aromatic rings. The number of H-pyrrole nitrogens is 1. The van der Waals surface area contributed by atoms with Gasteiger partial charge in [0, 0.05) is 6.42 Å². The fourth-order valence-corrected chi connectivity index (χ4v) is 4.10. The molecule has 0 radical (unpaired) electrons. The normalized spacial score (nSPS) is 27.5. The van der Waals surface area contributed by atoms with Crippen LogP contribution in [0.1, 0.15) is 37.6 Å². The van der Waals surface area contributed by atoms with E-state index < -0.39 is 78.5 Å². The van der Waals surface area contributed by atoms with Gasteiger partial charge in [-0.25, -0.2) is 9.97 Å². The lowest BCUT2D eigenvalue weighted by Crippen LogP contribution is -2.33. The lowest BCUT2D eigenvalue weighted by Gasteiger charge is -2.23. The fourth-order valence-electron chi connectivity index (χ4n) is 3.32. The molecule has 0 bridgehead atoms. The van der Waals surface area contributed by atoms with E-state index in [1.165, 1.54) is 6.92 Å². The average molecular weight is 501 g/mol. The second-order valence-electron chi connectivity index (χ2n) is 7.57. The van der Waals surface area contributed by atoms with E-state index in [0.29, 0.717) is 0 Å². The van der Waals surface area contributed by atoms with Crippen LogP contribution in [0, 0.1) is 5.95 Å². The van der Waals surface area contributed by atoms with Crippen molar-refractivity contribution in [1.29, 1.82) is 0 Å². The Morgan fingerprint density at radius 2 is 1.91 bits per heavy atom. The smallest absolute Gasteiger partial charge is 0.388 e. The van der Waals surface area contributed by atoms with Crippen molar-refractivity contribution < 1.29 is 51.6 Å². The zero-order valence-corrected chi connectivity index (χ0v) is 17.9. The van der Waals surface area contributed by atoms with Gasteiger partial charge in [-0.3, -0.25) is 9.36 Å². The van der Waals surface area contributed by atoms with Crippen LogP contribution < -0.4 is 5.56 Å². The fraction of sp³-hybridized carbons (Fsp3) is 0.588. The Balaban J connectivity index is 1.87. The van der Waals surface area contributed by atoms with Crippen LogP contribution in [0.25, 0.3) is 11.2 Å². The highest BCUT2D eigenvalue weighted by molar-refractivity contribution is 7.53. The predicted molar refractivity (Wildman–Crippen MR) is 101 cm³/mol. The number of alkyl halides is 3. The molecular formula is C17H20F4N3O8P. The number of rotatable bonds is 6. The summed E-state index contributed by atoms with van der Waals surface area (Å²) in [4.78, 5) is 30.2. The van der Waals surface area contributed by atoms with Gasteiger partial charge in [-0.2, -0.15) is 17.6 Å². The molecule has 0 amide bonds. The largest absolute Gasteiger partial charge is 0.438 e. The molecule has 184 valence electrons. The van der Waals surface area contributed by atoms with Gasteiger partial charge in [0.1, 0.15) is 23.8 Å². The zero-order chi connectivity index (χ0) is 24.9. The van der Waals surface area contributed by atoms with Crippen molar-refractivity contribution in [2.45, 2.75) is 62.8 Å². The Morgan fingerprint density at radius 3 is 2.48 bits per heavy atom. The molecule has 1 fully saturated rings. The van der Waals surface area contributed by atoms with Crippen LogP contribution in [0.2, 0.25) is 0 Å². The Hall–Kier alpha value is -2.00. The van der Waals surface area contributed by atoms with Crippen LogP contribution in [0.4, 0.5) is 17.6 Å². The Bertz CT molecular complexity index is 1140. The highest BCUT2D eigenvalue weighted by Gasteiger charge is 2.46. The van der Waals surface area contributed by atoms with E-state index in [4.69, 9.17) is 9.26 Å². The lowest BCUT2D eigenvalue weighted by molar-refractivity contribution is -0.143. The van der Waals surface area contributed by atoms with Crippen molar-refractivity contribution in [3.63, 3.8) is 0 Å². The topological polar surface area (TPSA) is 175 Å². The van der Waals surface area contributed by atoms with Crippen LogP contribution in [-0.2, 0) is 20.0 Å². The highest BCUT2D eigenvalue weighted by atomic mass is 31.2. The third-order valence-corrected chi connectivity index (χ3v) is 6.58. The molecule has 3 heterocycles. The first-order valence-electron chi connectivity index (χ1n) is 9.50. The molecule has 0 aromatic carbocycles. The Labute approximate surface area is 182 Å². The number of pyridine rings is 1. The molecule has 33 heavy (non-hydrogen) atoms. The van der Waals surface area contributed by atoms with E-state index >= 15 is 0 Å². The first kappa shape index (κ1) is 25.6. The number of halogens is 4. The number of hydrogen-bond donors (Lipinski definition) is 5. The zero-order valence-electron chi connectivity index (χ0n) is 17.0. The van der Waals surface area contributed by atoms with Gasteiger partial charge in [0.05, 0.1) is 17.8 Å². The minimum atomic E-state index is -5.14. The number of hydrogen-bond acceptors (Lipinski definition) is 9. The van der Waals surface area contributed by atoms with Gasteiger partial charge in [0.15, 0.2) is 11.5 Å². The molecule has 5 N–H and O–H groups in total. The van der Waals surface area contributed by atoms with Crippen molar-refractivity contribution in [3.8, 4) is 0 Å². The van der Waals surface area contributed by atoms with Crippen molar-refractivity contribution in [2.75, 3.05) is 0 Å². The van der Waals surface area contributed by atoms with Gasteiger partial charge < -0.3 is 34.5 Å². The van der Waals surface area contributed by atoms with Gasteiger partial charge in [-0.05, 0) is 19.9 Å². The van der Waals surface area contributed by atoms with Crippen molar-refractivity contribution in [3.05, 3.63) is 33.6 Å². The number of aliphatic hydroxyl groups is 3. The van der Waals surface area contributed by atoms with E-state index in [1.807, 2.05) is 4.98 Å². The first-order chi connectivity index (χ1) is 15.1. The summed E-state index contributed by atoms with van der Waals surface area (Å²) >= 11 is 0. The maximum Gasteiger partial charge on any atom is 0.438 e. The Morgan fingerprint density at radius 1 is 1.27 bits per heavy atom. The molecule has 7 atom stereocenters. The van der Waals surface area contributed by atoms with E-state index in [0.717, 1.165) is 13.0 Å². The van der Waals surface area contributed by atoms with Crippen molar-refractivity contribution >= 4 is 18.8 Å². The molecule has 0 saturated carbocycles.